The molecular formula is C17H26N2O5. The van der Waals surface area contributed by atoms with Crippen molar-refractivity contribution in [1.82, 2.24) is 10.3 Å². The van der Waals surface area contributed by atoms with E-state index in [0.717, 1.165) is 12.8 Å². The highest BCUT2D eigenvalue weighted by Crippen LogP contribution is 2.19. The number of rotatable bonds is 8. The first-order valence-corrected chi connectivity index (χ1v) is 8.14. The van der Waals surface area contributed by atoms with E-state index in [4.69, 9.17) is 9.47 Å². The Kier molecular flexibility index (Phi) is 7.48. The van der Waals surface area contributed by atoms with Crippen molar-refractivity contribution >= 4 is 17.8 Å². The van der Waals surface area contributed by atoms with Crippen LogP contribution in [0, 0.1) is 13.8 Å². The van der Waals surface area contributed by atoms with Crippen LogP contribution in [0.25, 0.3) is 0 Å². The summed E-state index contributed by atoms with van der Waals surface area (Å²) in [6.45, 7) is 8.82. The molecule has 1 atom stereocenters. The molecule has 2 N–H and O–H groups in total. The largest absolute Gasteiger partial charge is 0.461 e. The molecule has 1 aromatic rings. The van der Waals surface area contributed by atoms with Crippen LogP contribution in [-0.4, -0.2) is 42.1 Å². The summed E-state index contributed by atoms with van der Waals surface area (Å²) in [7, 11) is 0. The number of H-pyrrole nitrogens is 1. The van der Waals surface area contributed by atoms with E-state index in [1.807, 2.05) is 13.8 Å². The van der Waals surface area contributed by atoms with Gasteiger partial charge in [-0.15, -0.1) is 0 Å². The molecule has 0 radical (unpaired) electrons. The van der Waals surface area contributed by atoms with Gasteiger partial charge in [0, 0.05) is 11.7 Å². The lowest BCUT2D eigenvalue weighted by Crippen LogP contribution is -2.35. The lowest BCUT2D eigenvalue weighted by atomic mass is 10.1. The average Bonchev–Trinajstić information content (AvgIpc) is 2.80. The zero-order valence-corrected chi connectivity index (χ0v) is 14.9. The number of carbonyl (C=O) groups excluding carboxylic acids is 3. The molecule has 1 aromatic heterocycles. The molecule has 0 bridgehead atoms. The third kappa shape index (κ3) is 5.11. The molecule has 134 valence electrons. The first-order valence-electron chi connectivity index (χ1n) is 8.14. The number of hydrogen-bond donors (Lipinski definition) is 2. The van der Waals surface area contributed by atoms with Crippen LogP contribution in [0.1, 0.15) is 65.7 Å². The first-order chi connectivity index (χ1) is 11.3. The smallest absolute Gasteiger partial charge is 0.355 e. The molecule has 1 amide bonds. The summed E-state index contributed by atoms with van der Waals surface area (Å²) in [6, 6.07) is 0.0346. The van der Waals surface area contributed by atoms with E-state index in [-0.39, 0.29) is 36.4 Å². The van der Waals surface area contributed by atoms with E-state index in [1.54, 1.807) is 20.8 Å². The zero-order valence-electron chi connectivity index (χ0n) is 14.9. The van der Waals surface area contributed by atoms with E-state index >= 15 is 0 Å². The molecule has 7 nitrogen and oxygen atoms in total. The Balaban J connectivity index is 2.72. The summed E-state index contributed by atoms with van der Waals surface area (Å²) in [5, 5.41) is 2.76. The maximum atomic E-state index is 12.2. The van der Waals surface area contributed by atoms with Crippen LogP contribution in [0.4, 0.5) is 0 Å². The second kappa shape index (κ2) is 9.10. The van der Waals surface area contributed by atoms with Crippen molar-refractivity contribution in [2.24, 2.45) is 0 Å². The number of ether oxygens (including phenoxy) is 2. The molecule has 0 aromatic carbocycles. The number of amides is 1. The maximum Gasteiger partial charge on any atom is 0.355 e. The van der Waals surface area contributed by atoms with Crippen LogP contribution >= 0.6 is 0 Å². The third-order valence-corrected chi connectivity index (χ3v) is 3.58. The molecule has 0 aliphatic carbocycles. The van der Waals surface area contributed by atoms with E-state index < -0.39 is 11.9 Å². The Hall–Kier alpha value is -2.31. The standard InChI is InChI=1S/C17H26N2O5/c1-6-8-10(3)18-13(20)9-24-16(21)14-11(4)15(19-12(14)5)17(22)23-7-2/h10,19H,6-9H2,1-5H3,(H,18,20). The summed E-state index contributed by atoms with van der Waals surface area (Å²) < 4.78 is 10.00. The van der Waals surface area contributed by atoms with Gasteiger partial charge >= 0.3 is 11.9 Å². The van der Waals surface area contributed by atoms with Crippen LogP contribution in [0.2, 0.25) is 0 Å². The highest BCUT2D eigenvalue weighted by Gasteiger charge is 2.24. The van der Waals surface area contributed by atoms with Crippen molar-refractivity contribution < 1.29 is 23.9 Å². The van der Waals surface area contributed by atoms with Crippen molar-refractivity contribution in [3.63, 3.8) is 0 Å². The number of aromatic amines is 1. The predicted octanol–water partition coefficient (Wildman–Crippen LogP) is 2.27. The molecule has 0 saturated carbocycles. The minimum absolute atomic E-state index is 0.0346. The number of hydrogen-bond acceptors (Lipinski definition) is 5. The topological polar surface area (TPSA) is 97.5 Å². The zero-order chi connectivity index (χ0) is 18.3. The SMILES string of the molecule is CCCC(C)NC(=O)COC(=O)c1c(C)[nH]c(C(=O)OCC)c1C. The van der Waals surface area contributed by atoms with Crippen molar-refractivity contribution in [1.29, 1.82) is 0 Å². The molecule has 0 fully saturated rings. The number of aryl methyl sites for hydroxylation is 1. The molecular weight excluding hydrogens is 312 g/mol. The van der Waals surface area contributed by atoms with Crippen LogP contribution in [0.15, 0.2) is 0 Å². The summed E-state index contributed by atoms with van der Waals surface area (Å²) in [4.78, 5) is 38.7. The molecule has 0 aliphatic rings. The van der Waals surface area contributed by atoms with E-state index in [1.165, 1.54) is 0 Å². The Morgan fingerprint density at radius 2 is 1.79 bits per heavy atom. The first kappa shape index (κ1) is 19.7. The Bertz CT molecular complexity index is 606. The fourth-order valence-corrected chi connectivity index (χ4v) is 2.49. The minimum Gasteiger partial charge on any atom is -0.461 e. The van der Waals surface area contributed by atoms with E-state index in [9.17, 15) is 14.4 Å². The van der Waals surface area contributed by atoms with Gasteiger partial charge in [-0.3, -0.25) is 4.79 Å². The van der Waals surface area contributed by atoms with E-state index in [2.05, 4.69) is 10.3 Å². The van der Waals surface area contributed by atoms with Gasteiger partial charge in [0.25, 0.3) is 5.91 Å². The second-order valence-corrected chi connectivity index (χ2v) is 5.68. The van der Waals surface area contributed by atoms with Gasteiger partial charge in [0.1, 0.15) is 5.69 Å². The van der Waals surface area contributed by atoms with Gasteiger partial charge < -0.3 is 19.8 Å². The molecule has 1 heterocycles. The molecule has 1 rings (SSSR count). The van der Waals surface area contributed by atoms with E-state index in [0.29, 0.717) is 11.3 Å². The Morgan fingerprint density at radius 3 is 2.38 bits per heavy atom. The fraction of sp³-hybridized carbons (Fsp3) is 0.588. The van der Waals surface area contributed by atoms with Gasteiger partial charge in [0.2, 0.25) is 0 Å². The minimum atomic E-state index is -0.643. The highest BCUT2D eigenvalue weighted by molar-refractivity contribution is 5.99. The molecule has 1 unspecified atom stereocenters. The predicted molar refractivity (Wildman–Crippen MR) is 89.0 cm³/mol. The molecule has 0 spiro atoms. The molecule has 7 heteroatoms. The third-order valence-electron chi connectivity index (χ3n) is 3.58. The molecule has 0 aliphatic heterocycles. The van der Waals surface area contributed by atoms with Gasteiger partial charge in [-0.05, 0) is 39.7 Å². The van der Waals surface area contributed by atoms with Crippen molar-refractivity contribution in [3.05, 3.63) is 22.5 Å². The number of carbonyl (C=O) groups is 3. The molecule has 24 heavy (non-hydrogen) atoms. The lowest BCUT2D eigenvalue weighted by molar-refractivity contribution is -0.124. The van der Waals surface area contributed by atoms with Gasteiger partial charge in [-0.2, -0.15) is 0 Å². The number of nitrogens with one attached hydrogen (secondary N) is 2. The van der Waals surface area contributed by atoms with Crippen molar-refractivity contribution in [3.8, 4) is 0 Å². The molecule has 0 saturated heterocycles. The quantitative estimate of drug-likeness (QED) is 0.709. The van der Waals surface area contributed by atoms with Gasteiger partial charge in [0.15, 0.2) is 6.61 Å². The lowest BCUT2D eigenvalue weighted by Gasteiger charge is -2.12. The Labute approximate surface area is 142 Å². The summed E-state index contributed by atoms with van der Waals surface area (Å²) >= 11 is 0. The number of esters is 2. The average molecular weight is 338 g/mol. The van der Waals surface area contributed by atoms with Crippen LogP contribution in [0.5, 0.6) is 0 Å². The van der Waals surface area contributed by atoms with Crippen LogP contribution in [0.3, 0.4) is 0 Å². The fourth-order valence-electron chi connectivity index (χ4n) is 2.49. The Morgan fingerprint density at radius 1 is 1.12 bits per heavy atom. The summed E-state index contributed by atoms with van der Waals surface area (Å²) in [5.41, 5.74) is 1.44. The monoisotopic (exact) mass is 338 g/mol. The van der Waals surface area contributed by atoms with Gasteiger partial charge in [-0.25, -0.2) is 9.59 Å². The second-order valence-electron chi connectivity index (χ2n) is 5.68. The van der Waals surface area contributed by atoms with Crippen molar-refractivity contribution in [2.75, 3.05) is 13.2 Å². The summed E-state index contributed by atoms with van der Waals surface area (Å²) in [6.07, 6.45) is 1.82. The number of aromatic nitrogens is 1. The maximum absolute atomic E-state index is 12.2. The van der Waals surface area contributed by atoms with Gasteiger partial charge in [0.05, 0.1) is 12.2 Å². The van der Waals surface area contributed by atoms with Crippen LogP contribution in [-0.2, 0) is 14.3 Å². The van der Waals surface area contributed by atoms with Gasteiger partial charge in [-0.1, -0.05) is 13.3 Å². The van der Waals surface area contributed by atoms with Crippen molar-refractivity contribution in [2.45, 2.75) is 53.5 Å². The normalized spacial score (nSPS) is 11.7. The highest BCUT2D eigenvalue weighted by atomic mass is 16.5. The van der Waals surface area contributed by atoms with Crippen LogP contribution < -0.4 is 5.32 Å². The summed E-state index contributed by atoms with van der Waals surface area (Å²) in [5.74, 6) is -1.51.